The van der Waals surface area contributed by atoms with E-state index in [0.717, 1.165) is 28.6 Å². The Morgan fingerprint density at radius 2 is 1.95 bits per heavy atom. The summed E-state index contributed by atoms with van der Waals surface area (Å²) in [6, 6.07) is 15.0. The van der Waals surface area contributed by atoms with Crippen molar-refractivity contribution in [3.63, 3.8) is 0 Å². The minimum absolute atomic E-state index is 0.142. The van der Waals surface area contributed by atoms with Crippen molar-refractivity contribution in [3.8, 4) is 0 Å². The Morgan fingerprint density at radius 3 is 2.70 bits per heavy atom. The fraction of sp³-hybridized carbons (Fsp3) is 0.188. The van der Waals surface area contributed by atoms with Gasteiger partial charge >= 0.3 is 0 Å². The molecule has 0 bridgehead atoms. The molecule has 0 saturated carbocycles. The maximum absolute atomic E-state index is 12.2. The van der Waals surface area contributed by atoms with E-state index in [9.17, 15) is 4.79 Å². The first-order valence-electron chi connectivity index (χ1n) is 6.46. The van der Waals surface area contributed by atoms with Gasteiger partial charge in [0.1, 0.15) is 0 Å². The number of aryl methyl sites for hydroxylation is 1. The SMILES string of the molecule is O=C(Nc1cccc(CCCO)c1)c1ccccc1Br. The highest BCUT2D eigenvalue weighted by Crippen LogP contribution is 2.18. The van der Waals surface area contributed by atoms with E-state index in [1.165, 1.54) is 0 Å². The first kappa shape index (κ1) is 14.8. The van der Waals surface area contributed by atoms with Crippen LogP contribution in [0.3, 0.4) is 0 Å². The average Bonchev–Trinajstić information content (AvgIpc) is 2.46. The average molecular weight is 334 g/mol. The van der Waals surface area contributed by atoms with Crippen LogP contribution in [0.15, 0.2) is 53.0 Å². The van der Waals surface area contributed by atoms with Crippen molar-refractivity contribution in [1.82, 2.24) is 0 Å². The standard InChI is InChI=1S/C16H16BrNO2/c17-15-9-2-1-8-14(15)16(20)18-13-7-3-5-12(11-13)6-4-10-19/h1-3,5,7-9,11,19H,4,6,10H2,(H,18,20). The van der Waals surface area contributed by atoms with Gasteiger partial charge in [0.15, 0.2) is 0 Å². The van der Waals surface area contributed by atoms with Gasteiger partial charge < -0.3 is 10.4 Å². The molecular weight excluding hydrogens is 318 g/mol. The van der Waals surface area contributed by atoms with Crippen molar-refractivity contribution in [2.75, 3.05) is 11.9 Å². The number of nitrogens with one attached hydrogen (secondary N) is 1. The Hall–Kier alpha value is -1.65. The molecule has 1 amide bonds. The summed E-state index contributed by atoms with van der Waals surface area (Å²) >= 11 is 3.37. The van der Waals surface area contributed by atoms with Gasteiger partial charge in [0, 0.05) is 16.8 Å². The van der Waals surface area contributed by atoms with Crippen LogP contribution in [0.1, 0.15) is 22.3 Å². The summed E-state index contributed by atoms with van der Waals surface area (Å²) in [6.45, 7) is 0.174. The lowest BCUT2D eigenvalue weighted by atomic mass is 10.1. The van der Waals surface area contributed by atoms with Gasteiger partial charge in [-0.25, -0.2) is 0 Å². The Labute approximate surface area is 126 Å². The highest BCUT2D eigenvalue weighted by Gasteiger charge is 2.09. The first-order valence-corrected chi connectivity index (χ1v) is 7.25. The summed E-state index contributed by atoms with van der Waals surface area (Å²) in [7, 11) is 0. The lowest BCUT2D eigenvalue weighted by Crippen LogP contribution is -2.12. The van der Waals surface area contributed by atoms with E-state index >= 15 is 0 Å². The normalized spacial score (nSPS) is 10.3. The van der Waals surface area contributed by atoms with Crippen LogP contribution < -0.4 is 5.32 Å². The Kier molecular flexibility index (Phi) is 5.32. The highest BCUT2D eigenvalue weighted by molar-refractivity contribution is 9.10. The fourth-order valence-corrected chi connectivity index (χ4v) is 2.40. The van der Waals surface area contributed by atoms with Crippen molar-refractivity contribution in [3.05, 3.63) is 64.1 Å². The number of halogens is 1. The minimum atomic E-state index is -0.142. The molecule has 0 aliphatic heterocycles. The van der Waals surface area contributed by atoms with Crippen molar-refractivity contribution < 1.29 is 9.90 Å². The van der Waals surface area contributed by atoms with Gasteiger partial charge in [-0.2, -0.15) is 0 Å². The maximum Gasteiger partial charge on any atom is 0.256 e. The number of benzene rings is 2. The van der Waals surface area contributed by atoms with Gasteiger partial charge in [0.05, 0.1) is 5.56 Å². The zero-order valence-corrected chi connectivity index (χ0v) is 12.6. The van der Waals surface area contributed by atoms with E-state index in [2.05, 4.69) is 21.2 Å². The molecular formula is C16H16BrNO2. The molecule has 0 radical (unpaired) electrons. The third-order valence-corrected chi connectivity index (χ3v) is 3.62. The number of anilines is 1. The lowest BCUT2D eigenvalue weighted by molar-refractivity contribution is 0.102. The van der Waals surface area contributed by atoms with Crippen molar-refractivity contribution in [2.45, 2.75) is 12.8 Å². The number of aliphatic hydroxyl groups is 1. The third kappa shape index (κ3) is 3.92. The largest absolute Gasteiger partial charge is 0.396 e. The molecule has 0 saturated heterocycles. The van der Waals surface area contributed by atoms with E-state index in [-0.39, 0.29) is 12.5 Å². The van der Waals surface area contributed by atoms with Crippen LogP contribution in [0.2, 0.25) is 0 Å². The number of hydrogen-bond donors (Lipinski definition) is 2. The van der Waals surface area contributed by atoms with Crippen LogP contribution in [0.4, 0.5) is 5.69 Å². The molecule has 2 N–H and O–H groups in total. The van der Waals surface area contributed by atoms with Crippen molar-refractivity contribution >= 4 is 27.5 Å². The number of carbonyl (C=O) groups is 1. The summed E-state index contributed by atoms with van der Waals surface area (Å²) < 4.78 is 0.772. The summed E-state index contributed by atoms with van der Waals surface area (Å²) in [5.74, 6) is -0.142. The van der Waals surface area contributed by atoms with Gasteiger partial charge in [-0.05, 0) is 58.6 Å². The topological polar surface area (TPSA) is 49.3 Å². The van der Waals surface area contributed by atoms with Gasteiger partial charge in [-0.3, -0.25) is 4.79 Å². The van der Waals surface area contributed by atoms with E-state index in [1.54, 1.807) is 6.07 Å². The second kappa shape index (κ2) is 7.22. The smallest absolute Gasteiger partial charge is 0.256 e. The monoisotopic (exact) mass is 333 g/mol. The predicted octanol–water partition coefficient (Wildman–Crippen LogP) is 3.63. The second-order valence-electron chi connectivity index (χ2n) is 4.46. The number of aliphatic hydroxyl groups excluding tert-OH is 1. The second-order valence-corrected chi connectivity index (χ2v) is 5.32. The summed E-state index contributed by atoms with van der Waals surface area (Å²) in [5, 5.41) is 11.7. The van der Waals surface area contributed by atoms with Crippen LogP contribution in [0.25, 0.3) is 0 Å². The van der Waals surface area contributed by atoms with Crippen LogP contribution >= 0.6 is 15.9 Å². The molecule has 0 fully saturated rings. The third-order valence-electron chi connectivity index (χ3n) is 2.93. The molecule has 0 heterocycles. The molecule has 3 nitrogen and oxygen atoms in total. The Morgan fingerprint density at radius 1 is 1.15 bits per heavy atom. The zero-order valence-electron chi connectivity index (χ0n) is 11.0. The molecule has 0 aliphatic carbocycles. The molecule has 0 spiro atoms. The van der Waals surface area contributed by atoms with Gasteiger partial charge in [-0.15, -0.1) is 0 Å². The van der Waals surface area contributed by atoms with Gasteiger partial charge in [-0.1, -0.05) is 24.3 Å². The molecule has 104 valence electrons. The Balaban J connectivity index is 2.10. The quantitative estimate of drug-likeness (QED) is 0.877. The fourth-order valence-electron chi connectivity index (χ4n) is 1.93. The molecule has 20 heavy (non-hydrogen) atoms. The summed E-state index contributed by atoms with van der Waals surface area (Å²) in [4.78, 5) is 12.2. The number of amides is 1. The van der Waals surface area contributed by atoms with Crippen LogP contribution in [-0.2, 0) is 6.42 Å². The zero-order chi connectivity index (χ0) is 14.4. The van der Waals surface area contributed by atoms with Crippen molar-refractivity contribution in [1.29, 1.82) is 0 Å². The molecule has 2 aromatic carbocycles. The predicted molar refractivity (Wildman–Crippen MR) is 83.9 cm³/mol. The number of hydrogen-bond acceptors (Lipinski definition) is 2. The van der Waals surface area contributed by atoms with Crippen molar-refractivity contribution in [2.24, 2.45) is 0 Å². The molecule has 0 unspecified atom stereocenters. The number of carbonyl (C=O) groups excluding carboxylic acids is 1. The van der Waals surface area contributed by atoms with Crippen LogP contribution in [-0.4, -0.2) is 17.6 Å². The van der Waals surface area contributed by atoms with E-state index in [4.69, 9.17) is 5.11 Å². The molecule has 2 rings (SSSR count). The maximum atomic E-state index is 12.2. The highest BCUT2D eigenvalue weighted by atomic mass is 79.9. The number of rotatable bonds is 5. The lowest BCUT2D eigenvalue weighted by Gasteiger charge is -2.08. The molecule has 0 aliphatic rings. The van der Waals surface area contributed by atoms with E-state index in [0.29, 0.717) is 5.56 Å². The summed E-state index contributed by atoms with van der Waals surface area (Å²) in [6.07, 6.45) is 1.52. The van der Waals surface area contributed by atoms with Crippen LogP contribution in [0.5, 0.6) is 0 Å². The van der Waals surface area contributed by atoms with E-state index in [1.807, 2.05) is 42.5 Å². The summed E-state index contributed by atoms with van der Waals surface area (Å²) in [5.41, 5.74) is 2.47. The van der Waals surface area contributed by atoms with Gasteiger partial charge in [0.25, 0.3) is 5.91 Å². The van der Waals surface area contributed by atoms with Gasteiger partial charge in [0.2, 0.25) is 0 Å². The molecule has 4 heteroatoms. The molecule has 0 aromatic heterocycles. The Bertz CT molecular complexity index is 599. The van der Waals surface area contributed by atoms with E-state index < -0.39 is 0 Å². The minimum Gasteiger partial charge on any atom is -0.396 e. The molecule has 2 aromatic rings. The molecule has 0 atom stereocenters. The first-order chi connectivity index (χ1) is 9.70. The van der Waals surface area contributed by atoms with Crippen LogP contribution in [0, 0.1) is 0 Å².